The third kappa shape index (κ3) is 4.71. The first-order valence-electron chi connectivity index (χ1n) is 8.41. The minimum atomic E-state index is -3.61. The SMILES string of the molecule is CN(C)S(=O)(=O)c1ccc(N2CCCC2)c(C(=O)NCC(C)(C)N)c1. The molecule has 7 nitrogen and oxygen atoms in total. The van der Waals surface area contributed by atoms with Gasteiger partial charge in [0.2, 0.25) is 10.0 Å². The van der Waals surface area contributed by atoms with Crippen LogP contribution in [0.1, 0.15) is 37.0 Å². The van der Waals surface area contributed by atoms with E-state index in [4.69, 9.17) is 5.73 Å². The largest absolute Gasteiger partial charge is 0.371 e. The van der Waals surface area contributed by atoms with E-state index in [9.17, 15) is 13.2 Å². The number of carbonyl (C=O) groups is 1. The number of amides is 1. The molecule has 2 rings (SSSR count). The first kappa shape index (κ1) is 19.7. The lowest BCUT2D eigenvalue weighted by Gasteiger charge is -2.24. The Morgan fingerprint density at radius 3 is 2.40 bits per heavy atom. The van der Waals surface area contributed by atoms with E-state index in [0.29, 0.717) is 12.1 Å². The van der Waals surface area contributed by atoms with Crippen LogP contribution in [0.2, 0.25) is 0 Å². The van der Waals surface area contributed by atoms with Crippen molar-refractivity contribution in [3.05, 3.63) is 23.8 Å². The normalized spacial score (nSPS) is 15.7. The van der Waals surface area contributed by atoms with Crippen LogP contribution in [0.25, 0.3) is 0 Å². The number of nitrogens with one attached hydrogen (secondary N) is 1. The molecule has 0 spiro atoms. The van der Waals surface area contributed by atoms with E-state index in [1.54, 1.807) is 12.1 Å². The molecule has 0 bridgehead atoms. The lowest BCUT2D eigenvalue weighted by atomic mass is 10.1. The number of hydrogen-bond acceptors (Lipinski definition) is 5. The lowest BCUT2D eigenvalue weighted by Crippen LogP contribution is -2.45. The Bertz CT molecular complexity index is 733. The van der Waals surface area contributed by atoms with E-state index in [0.717, 1.165) is 35.9 Å². The Hall–Kier alpha value is -1.64. The fourth-order valence-corrected chi connectivity index (χ4v) is 3.63. The van der Waals surface area contributed by atoms with Gasteiger partial charge in [-0.2, -0.15) is 0 Å². The molecule has 1 aromatic carbocycles. The molecule has 0 aromatic heterocycles. The van der Waals surface area contributed by atoms with Gasteiger partial charge in [0, 0.05) is 45.0 Å². The second-order valence-corrected chi connectivity index (χ2v) is 9.48. The van der Waals surface area contributed by atoms with Crippen LogP contribution >= 0.6 is 0 Å². The van der Waals surface area contributed by atoms with E-state index in [1.165, 1.54) is 20.2 Å². The topological polar surface area (TPSA) is 95.7 Å². The van der Waals surface area contributed by atoms with Gasteiger partial charge in [0.15, 0.2) is 0 Å². The van der Waals surface area contributed by atoms with Crippen LogP contribution in [0.5, 0.6) is 0 Å². The standard InChI is InChI=1S/C17H28N4O3S/c1-17(2,18)12-19-16(22)14-11-13(25(23,24)20(3)4)7-8-15(14)21-9-5-6-10-21/h7-8,11H,5-6,9-10,12,18H2,1-4H3,(H,19,22). The summed E-state index contributed by atoms with van der Waals surface area (Å²) in [5.41, 5.74) is 6.52. The number of hydrogen-bond donors (Lipinski definition) is 2. The maximum absolute atomic E-state index is 12.7. The van der Waals surface area contributed by atoms with Crippen LogP contribution in [-0.4, -0.2) is 57.9 Å². The third-order valence-electron chi connectivity index (χ3n) is 4.14. The summed E-state index contributed by atoms with van der Waals surface area (Å²) in [6.07, 6.45) is 2.13. The molecule has 0 saturated carbocycles. The fourth-order valence-electron chi connectivity index (χ4n) is 2.71. The van der Waals surface area contributed by atoms with Crippen molar-refractivity contribution in [3.8, 4) is 0 Å². The molecule has 140 valence electrons. The maximum Gasteiger partial charge on any atom is 0.253 e. The molecule has 8 heteroatoms. The molecular formula is C17H28N4O3S. The van der Waals surface area contributed by atoms with Crippen LogP contribution in [0.4, 0.5) is 5.69 Å². The van der Waals surface area contributed by atoms with Gasteiger partial charge in [-0.1, -0.05) is 0 Å². The molecular weight excluding hydrogens is 340 g/mol. The summed E-state index contributed by atoms with van der Waals surface area (Å²) in [4.78, 5) is 14.9. The first-order valence-corrected chi connectivity index (χ1v) is 9.85. The highest BCUT2D eigenvalue weighted by Gasteiger charge is 2.25. The van der Waals surface area contributed by atoms with E-state index < -0.39 is 15.6 Å². The molecule has 1 fully saturated rings. The van der Waals surface area contributed by atoms with Gasteiger partial charge in [-0.3, -0.25) is 4.79 Å². The summed E-state index contributed by atoms with van der Waals surface area (Å²) >= 11 is 0. The van der Waals surface area contributed by atoms with Gasteiger partial charge in [0.25, 0.3) is 5.91 Å². The molecule has 1 amide bonds. The monoisotopic (exact) mass is 368 g/mol. The van der Waals surface area contributed by atoms with Crippen LogP contribution < -0.4 is 16.0 Å². The van der Waals surface area contributed by atoms with Gasteiger partial charge in [-0.15, -0.1) is 0 Å². The fraction of sp³-hybridized carbons (Fsp3) is 0.588. The van der Waals surface area contributed by atoms with Gasteiger partial charge in [0.1, 0.15) is 0 Å². The van der Waals surface area contributed by atoms with Gasteiger partial charge < -0.3 is 16.0 Å². The van der Waals surface area contributed by atoms with Crippen LogP contribution in [-0.2, 0) is 10.0 Å². The molecule has 1 saturated heterocycles. The van der Waals surface area contributed by atoms with E-state index in [2.05, 4.69) is 10.2 Å². The Morgan fingerprint density at radius 1 is 1.28 bits per heavy atom. The summed E-state index contributed by atoms with van der Waals surface area (Å²) in [5, 5.41) is 2.81. The quantitative estimate of drug-likeness (QED) is 0.781. The van der Waals surface area contributed by atoms with Crippen LogP contribution in [0, 0.1) is 0 Å². The van der Waals surface area contributed by atoms with Crippen molar-refractivity contribution in [1.82, 2.24) is 9.62 Å². The predicted molar refractivity (Wildman–Crippen MR) is 99.4 cm³/mol. The molecule has 0 atom stereocenters. The van der Waals surface area contributed by atoms with Crippen molar-refractivity contribution in [2.45, 2.75) is 37.1 Å². The van der Waals surface area contributed by atoms with Gasteiger partial charge in [-0.05, 0) is 44.9 Å². The summed E-state index contributed by atoms with van der Waals surface area (Å²) < 4.78 is 26.0. The summed E-state index contributed by atoms with van der Waals surface area (Å²) in [6, 6.07) is 4.75. The predicted octanol–water partition coefficient (Wildman–Crippen LogP) is 1.00. The van der Waals surface area contributed by atoms with Crippen molar-refractivity contribution in [2.75, 3.05) is 38.6 Å². The molecule has 3 N–H and O–H groups in total. The van der Waals surface area contributed by atoms with E-state index >= 15 is 0 Å². The number of nitrogens with two attached hydrogens (primary N) is 1. The molecule has 0 radical (unpaired) electrons. The molecule has 1 heterocycles. The molecule has 0 aliphatic carbocycles. The number of nitrogens with zero attached hydrogens (tertiary/aromatic N) is 2. The lowest BCUT2D eigenvalue weighted by molar-refractivity contribution is 0.0946. The maximum atomic E-state index is 12.7. The van der Waals surface area contributed by atoms with Gasteiger partial charge in [-0.25, -0.2) is 12.7 Å². The second kappa shape index (κ2) is 7.31. The average molecular weight is 369 g/mol. The van der Waals surface area contributed by atoms with Crippen LogP contribution in [0.3, 0.4) is 0 Å². The number of benzene rings is 1. The number of carbonyl (C=O) groups excluding carboxylic acids is 1. The van der Waals surface area contributed by atoms with Crippen LogP contribution in [0.15, 0.2) is 23.1 Å². The summed E-state index contributed by atoms with van der Waals surface area (Å²) in [6.45, 7) is 5.67. The molecule has 1 aromatic rings. The van der Waals surface area contributed by atoms with Crippen molar-refractivity contribution in [2.24, 2.45) is 5.73 Å². The second-order valence-electron chi connectivity index (χ2n) is 7.33. The van der Waals surface area contributed by atoms with E-state index in [-0.39, 0.29) is 10.8 Å². The van der Waals surface area contributed by atoms with E-state index in [1.807, 2.05) is 13.8 Å². The van der Waals surface area contributed by atoms with Gasteiger partial charge >= 0.3 is 0 Å². The Morgan fingerprint density at radius 2 is 1.88 bits per heavy atom. The zero-order chi connectivity index (χ0) is 18.8. The highest BCUT2D eigenvalue weighted by atomic mass is 32.2. The Kier molecular flexibility index (Phi) is 5.75. The Labute approximate surface area is 150 Å². The summed E-state index contributed by atoms with van der Waals surface area (Å²) in [5.74, 6) is -0.309. The molecule has 25 heavy (non-hydrogen) atoms. The number of rotatable bonds is 6. The summed E-state index contributed by atoms with van der Waals surface area (Å²) in [7, 11) is -0.661. The average Bonchev–Trinajstić information content (AvgIpc) is 3.05. The van der Waals surface area contributed by atoms with Crippen molar-refractivity contribution < 1.29 is 13.2 Å². The Balaban J connectivity index is 2.42. The highest BCUT2D eigenvalue weighted by Crippen LogP contribution is 2.28. The minimum Gasteiger partial charge on any atom is -0.371 e. The van der Waals surface area contributed by atoms with Gasteiger partial charge in [0.05, 0.1) is 10.5 Å². The number of anilines is 1. The minimum absolute atomic E-state index is 0.109. The van der Waals surface area contributed by atoms with Crippen molar-refractivity contribution in [1.29, 1.82) is 0 Å². The molecule has 0 unspecified atom stereocenters. The number of sulfonamides is 1. The molecule has 1 aliphatic heterocycles. The third-order valence-corrected chi connectivity index (χ3v) is 5.95. The highest BCUT2D eigenvalue weighted by molar-refractivity contribution is 7.89. The van der Waals surface area contributed by atoms with Crippen molar-refractivity contribution in [3.63, 3.8) is 0 Å². The first-order chi connectivity index (χ1) is 11.5. The zero-order valence-electron chi connectivity index (χ0n) is 15.4. The molecule has 1 aliphatic rings. The van der Waals surface area contributed by atoms with Crippen molar-refractivity contribution >= 4 is 21.6 Å². The zero-order valence-corrected chi connectivity index (χ0v) is 16.2. The smallest absolute Gasteiger partial charge is 0.253 e.